The molecular weight excluding hydrogens is 322 g/mol. The number of fused-ring (bicyclic) bond motifs is 1. The molecule has 3 aliphatic carbocycles. The van der Waals surface area contributed by atoms with Crippen molar-refractivity contribution in [1.82, 2.24) is 5.32 Å². The fourth-order valence-electron chi connectivity index (χ4n) is 6.09. The van der Waals surface area contributed by atoms with Gasteiger partial charge in [-0.25, -0.2) is 0 Å². The van der Waals surface area contributed by atoms with Gasteiger partial charge in [0.05, 0.1) is 0 Å². The minimum Gasteiger partial charge on any atom is -0.480 e. The molecule has 3 heteroatoms. The molecule has 4 aliphatic rings. The Balaban J connectivity index is 1.65. The molecule has 2 N–H and O–H groups in total. The standard InChI is InChI=1S/C23H35NO2/c1-14-12-16-17(22(4,5)9-8-21(16,2)3)13-15(14)23(10-11-23)19-7-6-18(24-19)20(25)26/h12-15,18-19,24H,6-11H2,1-5H3,(H,25,26). The van der Waals surface area contributed by atoms with E-state index in [4.69, 9.17) is 0 Å². The van der Waals surface area contributed by atoms with E-state index in [2.05, 4.69) is 52.1 Å². The normalized spacial score (nSPS) is 39.6. The average Bonchev–Trinajstić information content (AvgIpc) is 3.19. The van der Waals surface area contributed by atoms with Gasteiger partial charge in [0.15, 0.2) is 0 Å². The molecule has 0 bridgehead atoms. The third kappa shape index (κ3) is 2.69. The van der Waals surface area contributed by atoms with Gasteiger partial charge in [0.25, 0.3) is 0 Å². The molecule has 1 saturated heterocycles. The number of allylic oxidation sites excluding steroid dienone is 4. The Kier molecular flexibility index (Phi) is 4.01. The molecule has 4 atom stereocenters. The molecule has 0 aromatic carbocycles. The van der Waals surface area contributed by atoms with Gasteiger partial charge in [-0.15, -0.1) is 0 Å². The first-order valence-corrected chi connectivity index (χ1v) is 10.5. The Hall–Kier alpha value is -1.09. The Morgan fingerprint density at radius 1 is 1.00 bits per heavy atom. The van der Waals surface area contributed by atoms with Crippen molar-refractivity contribution in [1.29, 1.82) is 0 Å². The zero-order valence-corrected chi connectivity index (χ0v) is 17.1. The lowest BCUT2D eigenvalue weighted by molar-refractivity contribution is -0.139. The van der Waals surface area contributed by atoms with E-state index in [0.29, 0.717) is 17.9 Å². The largest absolute Gasteiger partial charge is 0.480 e. The van der Waals surface area contributed by atoms with Crippen molar-refractivity contribution >= 4 is 5.97 Å². The Labute approximate surface area is 158 Å². The topological polar surface area (TPSA) is 49.3 Å². The van der Waals surface area contributed by atoms with Crippen LogP contribution < -0.4 is 5.32 Å². The third-order valence-corrected chi connectivity index (χ3v) is 8.10. The van der Waals surface area contributed by atoms with E-state index >= 15 is 0 Å². The number of carboxylic acid groups (broad SMARTS) is 1. The van der Waals surface area contributed by atoms with Gasteiger partial charge in [0.2, 0.25) is 0 Å². The first-order valence-electron chi connectivity index (χ1n) is 10.5. The van der Waals surface area contributed by atoms with Crippen molar-refractivity contribution in [2.24, 2.45) is 28.1 Å². The van der Waals surface area contributed by atoms with E-state index in [0.717, 1.165) is 12.8 Å². The molecule has 0 radical (unpaired) electrons. The van der Waals surface area contributed by atoms with Crippen LogP contribution in [0.2, 0.25) is 0 Å². The molecule has 1 heterocycles. The zero-order chi connectivity index (χ0) is 18.9. The number of hydrogen-bond acceptors (Lipinski definition) is 2. The first kappa shape index (κ1) is 18.3. The van der Waals surface area contributed by atoms with E-state index in [1.54, 1.807) is 11.1 Å². The lowest BCUT2D eigenvalue weighted by Crippen LogP contribution is -2.45. The Morgan fingerprint density at radius 2 is 1.58 bits per heavy atom. The summed E-state index contributed by atoms with van der Waals surface area (Å²) in [6.07, 6.45) is 12.0. The van der Waals surface area contributed by atoms with Crippen molar-refractivity contribution in [3.8, 4) is 0 Å². The quantitative estimate of drug-likeness (QED) is 0.752. The highest BCUT2D eigenvalue weighted by Gasteiger charge is 2.58. The van der Waals surface area contributed by atoms with E-state index < -0.39 is 5.97 Å². The fourth-order valence-corrected chi connectivity index (χ4v) is 6.09. The van der Waals surface area contributed by atoms with Crippen LogP contribution in [0.4, 0.5) is 0 Å². The minimum atomic E-state index is -0.685. The number of carbonyl (C=O) groups is 1. The van der Waals surface area contributed by atoms with Gasteiger partial charge >= 0.3 is 5.97 Å². The lowest BCUT2D eigenvalue weighted by atomic mass is 9.56. The molecule has 2 saturated carbocycles. The molecular formula is C23H35NO2. The van der Waals surface area contributed by atoms with E-state index in [-0.39, 0.29) is 22.3 Å². The molecule has 1 aliphatic heterocycles. The molecule has 144 valence electrons. The SMILES string of the molecule is CC1C=C2C(=CC1C1(C3CCC(C(=O)O)N3)CC1)C(C)(C)CCC2(C)C. The summed E-state index contributed by atoms with van der Waals surface area (Å²) < 4.78 is 0. The van der Waals surface area contributed by atoms with Crippen molar-refractivity contribution in [3.05, 3.63) is 23.3 Å². The maximum Gasteiger partial charge on any atom is 0.320 e. The molecule has 0 amide bonds. The number of carboxylic acids is 1. The predicted octanol–water partition coefficient (Wildman–Crippen LogP) is 4.94. The number of nitrogens with one attached hydrogen (secondary N) is 1. The minimum absolute atomic E-state index is 0.253. The van der Waals surface area contributed by atoms with Crippen molar-refractivity contribution in [2.75, 3.05) is 0 Å². The highest BCUT2D eigenvalue weighted by molar-refractivity contribution is 5.74. The molecule has 0 aromatic heterocycles. The van der Waals surface area contributed by atoms with Gasteiger partial charge in [-0.2, -0.15) is 0 Å². The number of aliphatic carboxylic acids is 1. The second-order valence-corrected chi connectivity index (χ2v) is 10.7. The van der Waals surface area contributed by atoms with Crippen LogP contribution in [-0.4, -0.2) is 23.2 Å². The van der Waals surface area contributed by atoms with E-state index in [9.17, 15) is 9.90 Å². The van der Waals surface area contributed by atoms with Crippen LogP contribution in [0.3, 0.4) is 0 Å². The summed E-state index contributed by atoms with van der Waals surface area (Å²) in [6, 6.07) is 0.0164. The lowest BCUT2D eigenvalue weighted by Gasteiger charge is -2.49. The molecule has 0 spiro atoms. The summed E-state index contributed by atoms with van der Waals surface area (Å²) in [6.45, 7) is 12.0. The molecule has 0 aromatic rings. The van der Waals surface area contributed by atoms with Crippen LogP contribution in [0.5, 0.6) is 0 Å². The van der Waals surface area contributed by atoms with Gasteiger partial charge in [0, 0.05) is 6.04 Å². The Bertz CT molecular complexity index is 680. The number of hydrogen-bond donors (Lipinski definition) is 2. The third-order valence-electron chi connectivity index (χ3n) is 8.10. The maximum absolute atomic E-state index is 11.4. The second kappa shape index (κ2) is 5.70. The van der Waals surface area contributed by atoms with Crippen LogP contribution in [0.1, 0.15) is 73.1 Å². The van der Waals surface area contributed by atoms with Crippen LogP contribution in [0, 0.1) is 28.1 Å². The summed E-state index contributed by atoms with van der Waals surface area (Å²) >= 11 is 0. The zero-order valence-electron chi connectivity index (χ0n) is 17.1. The molecule has 3 fully saturated rings. The summed E-state index contributed by atoms with van der Waals surface area (Å²) in [5.74, 6) is 0.394. The Morgan fingerprint density at radius 3 is 2.08 bits per heavy atom. The molecule has 4 rings (SSSR count). The van der Waals surface area contributed by atoms with E-state index in [1.165, 1.54) is 25.7 Å². The van der Waals surface area contributed by atoms with Crippen molar-refractivity contribution in [2.45, 2.75) is 85.2 Å². The van der Waals surface area contributed by atoms with Crippen LogP contribution in [-0.2, 0) is 4.79 Å². The van der Waals surface area contributed by atoms with Crippen molar-refractivity contribution in [3.63, 3.8) is 0 Å². The van der Waals surface area contributed by atoms with Crippen LogP contribution in [0.15, 0.2) is 23.3 Å². The monoisotopic (exact) mass is 357 g/mol. The summed E-state index contributed by atoms with van der Waals surface area (Å²) in [4.78, 5) is 11.4. The highest BCUT2D eigenvalue weighted by Crippen LogP contribution is 2.63. The maximum atomic E-state index is 11.4. The summed E-state index contributed by atoms with van der Waals surface area (Å²) in [5, 5.41) is 12.8. The number of rotatable bonds is 3. The predicted molar refractivity (Wildman–Crippen MR) is 105 cm³/mol. The smallest absolute Gasteiger partial charge is 0.320 e. The van der Waals surface area contributed by atoms with Gasteiger partial charge in [-0.05, 0) is 77.8 Å². The second-order valence-electron chi connectivity index (χ2n) is 10.7. The molecule has 3 nitrogen and oxygen atoms in total. The summed E-state index contributed by atoms with van der Waals surface area (Å²) in [7, 11) is 0. The van der Waals surface area contributed by atoms with Crippen LogP contribution >= 0.6 is 0 Å². The van der Waals surface area contributed by atoms with Gasteiger partial charge in [-0.3, -0.25) is 4.79 Å². The average molecular weight is 358 g/mol. The van der Waals surface area contributed by atoms with E-state index in [1.807, 2.05) is 0 Å². The molecule has 4 unspecified atom stereocenters. The fraction of sp³-hybridized carbons (Fsp3) is 0.783. The first-order chi connectivity index (χ1) is 12.1. The van der Waals surface area contributed by atoms with Gasteiger partial charge < -0.3 is 10.4 Å². The van der Waals surface area contributed by atoms with Gasteiger partial charge in [-0.1, -0.05) is 46.8 Å². The summed E-state index contributed by atoms with van der Waals surface area (Å²) in [5.41, 5.74) is 3.96. The van der Waals surface area contributed by atoms with Gasteiger partial charge in [0.1, 0.15) is 6.04 Å². The van der Waals surface area contributed by atoms with Crippen molar-refractivity contribution < 1.29 is 9.90 Å². The molecule has 26 heavy (non-hydrogen) atoms. The highest BCUT2D eigenvalue weighted by atomic mass is 16.4. The van der Waals surface area contributed by atoms with Crippen LogP contribution in [0.25, 0.3) is 0 Å².